The standard InChI is InChI=1S/C20H21NO4/c1-20(2)13-25-17(14-7-4-3-5-8-14)12-21(20)18(22)15-9-6-10-16(11-15)19(23)24/h3-11,17H,12-13H2,1-2H3,(H,23,24). The van der Waals surface area contributed by atoms with Gasteiger partial charge >= 0.3 is 5.97 Å². The maximum Gasteiger partial charge on any atom is 0.335 e. The van der Waals surface area contributed by atoms with Crippen LogP contribution in [0.2, 0.25) is 0 Å². The predicted molar refractivity (Wildman–Crippen MR) is 93.7 cm³/mol. The lowest BCUT2D eigenvalue weighted by molar-refractivity contribution is -0.0846. The van der Waals surface area contributed by atoms with Crippen molar-refractivity contribution in [2.45, 2.75) is 25.5 Å². The quantitative estimate of drug-likeness (QED) is 0.931. The first kappa shape index (κ1) is 17.2. The summed E-state index contributed by atoms with van der Waals surface area (Å²) in [5.41, 5.74) is 1.04. The molecule has 1 N–H and O–H groups in total. The van der Waals surface area contributed by atoms with Crippen LogP contribution in [0.4, 0.5) is 0 Å². The number of benzene rings is 2. The van der Waals surface area contributed by atoms with Gasteiger partial charge in [0.2, 0.25) is 0 Å². The zero-order valence-electron chi connectivity index (χ0n) is 14.3. The van der Waals surface area contributed by atoms with Crippen molar-refractivity contribution < 1.29 is 19.4 Å². The molecular formula is C20H21NO4. The van der Waals surface area contributed by atoms with Crippen LogP contribution in [0, 0.1) is 0 Å². The summed E-state index contributed by atoms with van der Waals surface area (Å²) in [6.45, 7) is 4.74. The molecule has 0 saturated carbocycles. The number of morpholine rings is 1. The Morgan fingerprint density at radius 2 is 1.76 bits per heavy atom. The summed E-state index contributed by atoms with van der Waals surface area (Å²) < 4.78 is 5.97. The topological polar surface area (TPSA) is 66.8 Å². The lowest BCUT2D eigenvalue weighted by Gasteiger charge is -2.45. The van der Waals surface area contributed by atoms with E-state index in [0.29, 0.717) is 18.7 Å². The first-order valence-electron chi connectivity index (χ1n) is 8.20. The molecule has 0 aliphatic carbocycles. The number of carbonyl (C=O) groups excluding carboxylic acids is 1. The fourth-order valence-corrected chi connectivity index (χ4v) is 3.02. The van der Waals surface area contributed by atoms with E-state index in [2.05, 4.69) is 0 Å². The molecule has 1 fully saturated rings. The van der Waals surface area contributed by atoms with E-state index in [1.54, 1.807) is 17.0 Å². The van der Waals surface area contributed by atoms with E-state index < -0.39 is 11.5 Å². The van der Waals surface area contributed by atoms with Crippen LogP contribution < -0.4 is 0 Å². The second-order valence-corrected chi connectivity index (χ2v) is 6.82. The summed E-state index contributed by atoms with van der Waals surface area (Å²) in [7, 11) is 0. The summed E-state index contributed by atoms with van der Waals surface area (Å²) in [5, 5.41) is 9.15. The molecule has 0 spiro atoms. The molecule has 1 saturated heterocycles. The lowest BCUT2D eigenvalue weighted by atomic mass is 9.96. The van der Waals surface area contributed by atoms with Gasteiger partial charge in [-0.2, -0.15) is 0 Å². The number of carboxylic acid groups (broad SMARTS) is 1. The highest BCUT2D eigenvalue weighted by atomic mass is 16.5. The zero-order valence-corrected chi connectivity index (χ0v) is 14.3. The van der Waals surface area contributed by atoms with Gasteiger partial charge in [0.05, 0.1) is 24.3 Å². The number of ether oxygens (including phenoxy) is 1. The maximum absolute atomic E-state index is 13.0. The van der Waals surface area contributed by atoms with Gasteiger partial charge < -0.3 is 14.7 Å². The molecular weight excluding hydrogens is 318 g/mol. The average molecular weight is 339 g/mol. The molecule has 2 aromatic rings. The summed E-state index contributed by atoms with van der Waals surface area (Å²) in [5.74, 6) is -1.23. The number of rotatable bonds is 3. The highest BCUT2D eigenvalue weighted by molar-refractivity contribution is 5.97. The minimum absolute atomic E-state index is 0.108. The van der Waals surface area contributed by atoms with Crippen molar-refractivity contribution in [1.82, 2.24) is 4.90 Å². The van der Waals surface area contributed by atoms with Crippen LogP contribution in [0.25, 0.3) is 0 Å². The van der Waals surface area contributed by atoms with Gasteiger partial charge in [0.1, 0.15) is 6.10 Å². The monoisotopic (exact) mass is 339 g/mol. The number of hydrogen-bond donors (Lipinski definition) is 1. The summed E-state index contributed by atoms with van der Waals surface area (Å²) in [4.78, 5) is 26.0. The van der Waals surface area contributed by atoms with Crippen molar-refractivity contribution >= 4 is 11.9 Å². The Labute approximate surface area is 146 Å². The van der Waals surface area contributed by atoms with Gasteiger partial charge in [-0.05, 0) is 37.6 Å². The number of hydrogen-bond acceptors (Lipinski definition) is 3. The van der Waals surface area contributed by atoms with E-state index >= 15 is 0 Å². The van der Waals surface area contributed by atoms with E-state index in [1.807, 2.05) is 44.2 Å². The van der Waals surface area contributed by atoms with E-state index in [4.69, 9.17) is 9.84 Å². The summed E-state index contributed by atoms with van der Waals surface area (Å²) >= 11 is 0. The molecule has 1 amide bonds. The highest BCUT2D eigenvalue weighted by Gasteiger charge is 2.39. The smallest absolute Gasteiger partial charge is 0.335 e. The first-order valence-corrected chi connectivity index (χ1v) is 8.20. The number of carboxylic acids is 1. The Kier molecular flexibility index (Phi) is 4.59. The second kappa shape index (κ2) is 6.69. The molecule has 0 aromatic heterocycles. The Morgan fingerprint density at radius 1 is 1.08 bits per heavy atom. The first-order chi connectivity index (χ1) is 11.9. The molecule has 130 valence electrons. The Balaban J connectivity index is 1.88. The van der Waals surface area contributed by atoms with E-state index in [1.165, 1.54) is 12.1 Å². The third-order valence-corrected chi connectivity index (χ3v) is 4.49. The molecule has 2 aromatic carbocycles. The number of aromatic carboxylic acids is 1. The Morgan fingerprint density at radius 3 is 2.44 bits per heavy atom. The Hall–Kier alpha value is -2.66. The van der Waals surface area contributed by atoms with Crippen molar-refractivity contribution in [2.75, 3.05) is 13.2 Å². The number of amides is 1. The van der Waals surface area contributed by atoms with Gasteiger partial charge in [-0.3, -0.25) is 4.79 Å². The highest BCUT2D eigenvalue weighted by Crippen LogP contribution is 2.31. The molecule has 5 nitrogen and oxygen atoms in total. The molecule has 25 heavy (non-hydrogen) atoms. The third-order valence-electron chi connectivity index (χ3n) is 4.49. The van der Waals surface area contributed by atoms with Crippen LogP contribution >= 0.6 is 0 Å². The fraction of sp³-hybridized carbons (Fsp3) is 0.300. The van der Waals surface area contributed by atoms with Crippen molar-refractivity contribution in [3.8, 4) is 0 Å². The molecule has 0 radical (unpaired) electrons. The zero-order chi connectivity index (χ0) is 18.0. The molecule has 1 heterocycles. The molecule has 3 rings (SSSR count). The SMILES string of the molecule is CC1(C)COC(c2ccccc2)CN1C(=O)c1cccc(C(=O)O)c1. The van der Waals surface area contributed by atoms with Gasteiger partial charge in [-0.1, -0.05) is 36.4 Å². The predicted octanol–water partition coefficient (Wildman–Crippen LogP) is 3.38. The van der Waals surface area contributed by atoms with Crippen LogP contribution in [-0.2, 0) is 4.74 Å². The van der Waals surface area contributed by atoms with Crippen LogP contribution in [0.3, 0.4) is 0 Å². The van der Waals surface area contributed by atoms with Crippen LogP contribution in [0.15, 0.2) is 54.6 Å². The average Bonchev–Trinajstić information content (AvgIpc) is 2.62. The second-order valence-electron chi connectivity index (χ2n) is 6.82. The Bertz CT molecular complexity index is 785. The minimum atomic E-state index is -1.04. The summed E-state index contributed by atoms with van der Waals surface area (Å²) in [6, 6.07) is 16.0. The normalized spacial score (nSPS) is 19.4. The van der Waals surface area contributed by atoms with Gasteiger partial charge in [-0.25, -0.2) is 4.79 Å². The van der Waals surface area contributed by atoms with Gasteiger partial charge in [0.25, 0.3) is 5.91 Å². The van der Waals surface area contributed by atoms with E-state index in [9.17, 15) is 9.59 Å². The summed E-state index contributed by atoms with van der Waals surface area (Å²) in [6.07, 6.45) is -0.194. The van der Waals surface area contributed by atoms with E-state index in [-0.39, 0.29) is 17.6 Å². The molecule has 1 aliphatic rings. The fourth-order valence-electron chi connectivity index (χ4n) is 3.02. The van der Waals surface area contributed by atoms with Crippen molar-refractivity contribution in [2.24, 2.45) is 0 Å². The molecule has 1 aliphatic heterocycles. The largest absolute Gasteiger partial charge is 0.478 e. The molecule has 0 bridgehead atoms. The van der Waals surface area contributed by atoms with Crippen LogP contribution in [-0.4, -0.2) is 40.6 Å². The molecule has 1 atom stereocenters. The van der Waals surface area contributed by atoms with Crippen LogP contribution in [0.1, 0.15) is 46.2 Å². The lowest BCUT2D eigenvalue weighted by Crippen LogP contribution is -2.56. The van der Waals surface area contributed by atoms with Gasteiger partial charge in [0, 0.05) is 5.56 Å². The van der Waals surface area contributed by atoms with Gasteiger partial charge in [-0.15, -0.1) is 0 Å². The minimum Gasteiger partial charge on any atom is -0.478 e. The van der Waals surface area contributed by atoms with Crippen LogP contribution in [0.5, 0.6) is 0 Å². The van der Waals surface area contributed by atoms with Crippen molar-refractivity contribution in [1.29, 1.82) is 0 Å². The number of nitrogens with zero attached hydrogens (tertiary/aromatic N) is 1. The third kappa shape index (κ3) is 3.56. The number of carbonyl (C=O) groups is 2. The molecule has 1 unspecified atom stereocenters. The van der Waals surface area contributed by atoms with Crippen molar-refractivity contribution in [3.05, 3.63) is 71.3 Å². The maximum atomic E-state index is 13.0. The van der Waals surface area contributed by atoms with Gasteiger partial charge in [0.15, 0.2) is 0 Å². The molecule has 5 heteroatoms. The van der Waals surface area contributed by atoms with Crippen molar-refractivity contribution in [3.63, 3.8) is 0 Å². The van der Waals surface area contributed by atoms with E-state index in [0.717, 1.165) is 5.56 Å².